The Hall–Kier alpha value is -1.22. The largest absolute Gasteiger partial charge is 0.385 e. The van der Waals surface area contributed by atoms with E-state index in [0.29, 0.717) is 5.92 Å². The van der Waals surface area contributed by atoms with E-state index in [-0.39, 0.29) is 0 Å². The molecule has 0 spiro atoms. The number of anilines is 2. The first-order valence-electron chi connectivity index (χ1n) is 7.82. The Balaban J connectivity index is 2.14. The summed E-state index contributed by atoms with van der Waals surface area (Å²) in [5.74, 6) is 0.686. The minimum atomic E-state index is 0.686. The highest BCUT2D eigenvalue weighted by atomic mass is 15.2. The van der Waals surface area contributed by atoms with E-state index in [0.717, 1.165) is 26.2 Å². The van der Waals surface area contributed by atoms with E-state index in [4.69, 9.17) is 0 Å². The highest BCUT2D eigenvalue weighted by molar-refractivity contribution is 5.61. The molecule has 0 aromatic heterocycles. The number of fused-ring (bicyclic) bond motifs is 1. The van der Waals surface area contributed by atoms with Crippen molar-refractivity contribution in [3.05, 3.63) is 23.8 Å². The van der Waals surface area contributed by atoms with Gasteiger partial charge >= 0.3 is 0 Å². The van der Waals surface area contributed by atoms with Gasteiger partial charge in [-0.25, -0.2) is 0 Å². The topological polar surface area (TPSA) is 18.5 Å². The molecule has 1 aliphatic heterocycles. The van der Waals surface area contributed by atoms with Crippen LogP contribution in [0.4, 0.5) is 11.4 Å². The summed E-state index contributed by atoms with van der Waals surface area (Å²) in [6.07, 6.45) is 2.46. The summed E-state index contributed by atoms with van der Waals surface area (Å²) >= 11 is 0. The van der Waals surface area contributed by atoms with Crippen LogP contribution in [-0.4, -0.2) is 45.2 Å². The maximum atomic E-state index is 3.49. The van der Waals surface area contributed by atoms with Crippen molar-refractivity contribution in [2.45, 2.75) is 26.7 Å². The van der Waals surface area contributed by atoms with Gasteiger partial charge in [0.1, 0.15) is 0 Å². The average Bonchev–Trinajstić information content (AvgIpc) is 2.42. The van der Waals surface area contributed by atoms with Crippen LogP contribution in [0.2, 0.25) is 0 Å². The first-order valence-corrected chi connectivity index (χ1v) is 7.82. The molecule has 0 saturated heterocycles. The molecule has 1 aromatic rings. The number of hydrogen-bond donors (Lipinski definition) is 1. The zero-order valence-electron chi connectivity index (χ0n) is 13.4. The highest BCUT2D eigenvalue weighted by Crippen LogP contribution is 2.27. The zero-order valence-corrected chi connectivity index (χ0v) is 13.4. The third-order valence-corrected chi connectivity index (χ3v) is 3.79. The van der Waals surface area contributed by atoms with Crippen molar-refractivity contribution in [3.63, 3.8) is 0 Å². The normalized spacial score (nSPS) is 14.3. The lowest BCUT2D eigenvalue weighted by Crippen LogP contribution is -2.34. The minimum absolute atomic E-state index is 0.686. The van der Waals surface area contributed by atoms with E-state index in [1.54, 1.807) is 0 Å². The van der Waals surface area contributed by atoms with E-state index in [1.165, 1.54) is 29.8 Å². The summed E-state index contributed by atoms with van der Waals surface area (Å²) < 4.78 is 0. The van der Waals surface area contributed by atoms with Gasteiger partial charge in [-0.1, -0.05) is 13.8 Å². The minimum Gasteiger partial charge on any atom is -0.385 e. The summed E-state index contributed by atoms with van der Waals surface area (Å²) in [5.41, 5.74) is 4.19. The zero-order chi connectivity index (χ0) is 14.5. The molecule has 1 N–H and O–H groups in total. The molecular formula is C17H29N3. The number of likely N-dealkylation sites (N-methyl/N-ethyl adjacent to an activating group) is 1. The first-order chi connectivity index (χ1) is 9.56. The Bertz CT molecular complexity index is 426. The molecule has 1 aromatic carbocycles. The van der Waals surface area contributed by atoms with Gasteiger partial charge in [0.15, 0.2) is 0 Å². The summed E-state index contributed by atoms with van der Waals surface area (Å²) in [7, 11) is 4.29. The van der Waals surface area contributed by atoms with Gasteiger partial charge in [-0.2, -0.15) is 0 Å². The van der Waals surface area contributed by atoms with Crippen molar-refractivity contribution < 1.29 is 0 Å². The molecule has 0 atom stereocenters. The van der Waals surface area contributed by atoms with Gasteiger partial charge in [0, 0.05) is 37.6 Å². The molecule has 1 aliphatic rings. The molecule has 0 unspecified atom stereocenters. The van der Waals surface area contributed by atoms with Gasteiger partial charge in [-0.15, -0.1) is 0 Å². The molecule has 112 valence electrons. The second-order valence-corrected chi connectivity index (χ2v) is 6.51. The number of hydrogen-bond acceptors (Lipinski definition) is 3. The number of nitrogens with zero attached hydrogens (tertiary/aromatic N) is 2. The third-order valence-electron chi connectivity index (χ3n) is 3.79. The standard InChI is InChI=1S/C17H29N3/c1-14(2)13-20(11-10-19(3)4)16-7-8-17-15(12-16)6-5-9-18-17/h7-8,12,14,18H,5-6,9-11,13H2,1-4H3. The average molecular weight is 275 g/mol. The highest BCUT2D eigenvalue weighted by Gasteiger charge is 2.13. The van der Waals surface area contributed by atoms with E-state index in [9.17, 15) is 0 Å². The van der Waals surface area contributed by atoms with Crippen molar-refractivity contribution in [3.8, 4) is 0 Å². The fourth-order valence-electron chi connectivity index (χ4n) is 2.75. The maximum absolute atomic E-state index is 3.49. The summed E-state index contributed by atoms with van der Waals surface area (Å²) in [6.45, 7) is 9.02. The van der Waals surface area contributed by atoms with Gasteiger partial charge in [-0.05, 0) is 56.6 Å². The van der Waals surface area contributed by atoms with Crippen LogP contribution in [0.25, 0.3) is 0 Å². The van der Waals surface area contributed by atoms with Crippen LogP contribution in [0.1, 0.15) is 25.8 Å². The Kier molecular flexibility index (Phi) is 5.30. The molecule has 20 heavy (non-hydrogen) atoms. The van der Waals surface area contributed by atoms with Crippen LogP contribution < -0.4 is 10.2 Å². The molecule has 1 heterocycles. The summed E-state index contributed by atoms with van der Waals surface area (Å²) in [6, 6.07) is 6.92. The third kappa shape index (κ3) is 4.14. The van der Waals surface area contributed by atoms with Crippen LogP contribution >= 0.6 is 0 Å². The van der Waals surface area contributed by atoms with Crippen molar-refractivity contribution >= 4 is 11.4 Å². The lowest BCUT2D eigenvalue weighted by atomic mass is 10.0. The summed E-state index contributed by atoms with van der Waals surface area (Å²) in [4.78, 5) is 4.78. The SMILES string of the molecule is CC(C)CN(CCN(C)C)c1ccc2c(c1)CCCN2. The molecule has 3 heteroatoms. The predicted octanol–water partition coefficient (Wildman–Crippen LogP) is 3.07. The lowest BCUT2D eigenvalue weighted by Gasteiger charge is -2.29. The molecule has 0 fully saturated rings. The predicted molar refractivity (Wildman–Crippen MR) is 88.9 cm³/mol. The van der Waals surface area contributed by atoms with Crippen molar-refractivity contribution in [1.29, 1.82) is 0 Å². The van der Waals surface area contributed by atoms with Crippen LogP contribution in [-0.2, 0) is 6.42 Å². The Morgan fingerprint density at radius 2 is 2.00 bits per heavy atom. The van der Waals surface area contributed by atoms with Gasteiger partial charge < -0.3 is 15.1 Å². The van der Waals surface area contributed by atoms with Crippen molar-refractivity contribution in [2.75, 3.05) is 50.5 Å². The molecule has 0 amide bonds. The molecule has 0 bridgehead atoms. The van der Waals surface area contributed by atoms with Gasteiger partial charge in [0.25, 0.3) is 0 Å². The Labute approximate surface area is 124 Å². The van der Waals surface area contributed by atoms with Gasteiger partial charge in [0.05, 0.1) is 0 Å². The molecular weight excluding hydrogens is 246 g/mol. The van der Waals surface area contributed by atoms with Crippen molar-refractivity contribution in [2.24, 2.45) is 5.92 Å². The van der Waals surface area contributed by atoms with E-state index in [2.05, 4.69) is 61.3 Å². The fraction of sp³-hybridized carbons (Fsp3) is 0.647. The first kappa shape index (κ1) is 15.2. The number of aryl methyl sites for hydroxylation is 1. The number of benzene rings is 1. The monoisotopic (exact) mass is 275 g/mol. The molecule has 0 saturated carbocycles. The second kappa shape index (κ2) is 6.98. The molecule has 0 aliphatic carbocycles. The fourth-order valence-corrected chi connectivity index (χ4v) is 2.75. The molecule has 3 nitrogen and oxygen atoms in total. The van der Waals surface area contributed by atoms with Crippen LogP contribution in [0.15, 0.2) is 18.2 Å². The van der Waals surface area contributed by atoms with Gasteiger partial charge in [0.2, 0.25) is 0 Å². The number of rotatable bonds is 6. The van der Waals surface area contributed by atoms with Crippen LogP contribution in [0.5, 0.6) is 0 Å². The number of nitrogens with one attached hydrogen (secondary N) is 1. The maximum Gasteiger partial charge on any atom is 0.0374 e. The quantitative estimate of drug-likeness (QED) is 0.861. The lowest BCUT2D eigenvalue weighted by molar-refractivity contribution is 0.409. The van der Waals surface area contributed by atoms with E-state index < -0.39 is 0 Å². The van der Waals surface area contributed by atoms with E-state index in [1.807, 2.05) is 0 Å². The van der Waals surface area contributed by atoms with Crippen LogP contribution in [0, 0.1) is 5.92 Å². The summed E-state index contributed by atoms with van der Waals surface area (Å²) in [5, 5.41) is 3.49. The molecule has 2 rings (SSSR count). The Morgan fingerprint density at radius 3 is 2.70 bits per heavy atom. The second-order valence-electron chi connectivity index (χ2n) is 6.51. The van der Waals surface area contributed by atoms with Crippen LogP contribution in [0.3, 0.4) is 0 Å². The molecule has 0 radical (unpaired) electrons. The smallest absolute Gasteiger partial charge is 0.0374 e. The van der Waals surface area contributed by atoms with Gasteiger partial charge in [-0.3, -0.25) is 0 Å². The Morgan fingerprint density at radius 1 is 1.20 bits per heavy atom. The van der Waals surface area contributed by atoms with E-state index >= 15 is 0 Å². The van der Waals surface area contributed by atoms with Crippen molar-refractivity contribution in [1.82, 2.24) is 4.90 Å².